The molecule has 1 unspecified atom stereocenters. The van der Waals surface area contributed by atoms with Gasteiger partial charge in [-0.3, -0.25) is 4.57 Å². The summed E-state index contributed by atoms with van der Waals surface area (Å²) in [7, 11) is 1.70. The Morgan fingerprint density at radius 2 is 2.18 bits per heavy atom. The summed E-state index contributed by atoms with van der Waals surface area (Å²) in [5.74, 6) is 0. The Morgan fingerprint density at radius 3 is 2.76 bits per heavy atom. The molecule has 0 spiro atoms. The number of hydrogen-bond donors (Lipinski definition) is 2. The van der Waals surface area contributed by atoms with Crippen LogP contribution in [0.5, 0.6) is 0 Å². The summed E-state index contributed by atoms with van der Waals surface area (Å²) < 4.78 is 3.03. The lowest BCUT2D eigenvalue weighted by molar-refractivity contribution is 0.268. The van der Waals surface area contributed by atoms with Crippen molar-refractivity contribution in [3.63, 3.8) is 0 Å². The molecule has 0 fully saturated rings. The Hall–Kier alpha value is -1.85. The molecule has 2 rings (SSSR count). The lowest BCUT2D eigenvalue weighted by Gasteiger charge is -2.10. The van der Waals surface area contributed by atoms with E-state index in [1.807, 2.05) is 24.3 Å². The Labute approximate surface area is 98.7 Å². The predicted octanol–water partition coefficient (Wildman–Crippen LogP) is 0.168. The summed E-state index contributed by atoms with van der Waals surface area (Å²) in [6.07, 6.45) is 3.40. The van der Waals surface area contributed by atoms with E-state index in [9.17, 15) is 4.79 Å². The van der Waals surface area contributed by atoms with Gasteiger partial charge in [0, 0.05) is 19.4 Å². The molecule has 90 valence electrons. The fourth-order valence-electron chi connectivity index (χ4n) is 1.67. The van der Waals surface area contributed by atoms with Crippen molar-refractivity contribution in [3.8, 4) is 5.69 Å². The van der Waals surface area contributed by atoms with Crippen LogP contribution in [0.1, 0.15) is 11.6 Å². The van der Waals surface area contributed by atoms with Crippen molar-refractivity contribution in [2.24, 2.45) is 12.8 Å². The van der Waals surface area contributed by atoms with E-state index in [1.165, 1.54) is 9.13 Å². The summed E-state index contributed by atoms with van der Waals surface area (Å²) in [5.41, 5.74) is 7.18. The van der Waals surface area contributed by atoms with Gasteiger partial charge in [-0.25, -0.2) is 4.79 Å². The molecule has 5 heteroatoms. The molecule has 17 heavy (non-hydrogen) atoms. The van der Waals surface area contributed by atoms with Crippen molar-refractivity contribution in [3.05, 3.63) is 52.7 Å². The largest absolute Gasteiger partial charge is 0.394 e. The summed E-state index contributed by atoms with van der Waals surface area (Å²) in [5, 5.41) is 9.01. The monoisotopic (exact) mass is 233 g/mol. The smallest absolute Gasteiger partial charge is 0.332 e. The highest BCUT2D eigenvalue weighted by Crippen LogP contribution is 2.14. The van der Waals surface area contributed by atoms with Crippen molar-refractivity contribution in [2.45, 2.75) is 6.04 Å². The van der Waals surface area contributed by atoms with Crippen molar-refractivity contribution in [1.82, 2.24) is 9.13 Å². The number of rotatable bonds is 3. The molecule has 3 N–H and O–H groups in total. The number of aromatic nitrogens is 2. The number of aliphatic hydroxyl groups is 1. The molecular formula is C12H15N3O2. The topological polar surface area (TPSA) is 73.2 Å². The second kappa shape index (κ2) is 4.57. The molecule has 0 amide bonds. The normalized spacial score (nSPS) is 12.6. The van der Waals surface area contributed by atoms with Crippen molar-refractivity contribution >= 4 is 0 Å². The molecule has 0 radical (unpaired) electrons. The van der Waals surface area contributed by atoms with Crippen LogP contribution in [0.2, 0.25) is 0 Å². The number of aliphatic hydroxyl groups excluding tert-OH is 1. The number of nitrogens with two attached hydrogens (primary N) is 1. The molecule has 0 aliphatic heterocycles. The van der Waals surface area contributed by atoms with Crippen LogP contribution >= 0.6 is 0 Å². The van der Waals surface area contributed by atoms with Crippen LogP contribution < -0.4 is 11.4 Å². The first-order chi connectivity index (χ1) is 8.13. The summed E-state index contributed by atoms with van der Waals surface area (Å²) >= 11 is 0. The molecule has 5 nitrogen and oxygen atoms in total. The zero-order chi connectivity index (χ0) is 12.4. The number of hydrogen-bond acceptors (Lipinski definition) is 3. The van der Waals surface area contributed by atoms with Gasteiger partial charge >= 0.3 is 5.69 Å². The van der Waals surface area contributed by atoms with Gasteiger partial charge in [-0.2, -0.15) is 0 Å². The Balaban J connectivity index is 2.47. The Morgan fingerprint density at radius 1 is 1.41 bits per heavy atom. The molecule has 0 saturated heterocycles. The minimum atomic E-state index is -0.422. The first-order valence-corrected chi connectivity index (χ1v) is 5.34. The summed E-state index contributed by atoms with van der Waals surface area (Å²) in [6, 6.07) is 6.87. The first kappa shape index (κ1) is 11.6. The van der Waals surface area contributed by atoms with Crippen molar-refractivity contribution in [1.29, 1.82) is 0 Å². The van der Waals surface area contributed by atoms with Crippen molar-refractivity contribution < 1.29 is 5.11 Å². The van der Waals surface area contributed by atoms with Gasteiger partial charge in [-0.1, -0.05) is 12.1 Å². The average molecular weight is 233 g/mol. The van der Waals surface area contributed by atoms with E-state index in [0.717, 1.165) is 11.3 Å². The zero-order valence-corrected chi connectivity index (χ0v) is 9.58. The molecular weight excluding hydrogens is 218 g/mol. The third kappa shape index (κ3) is 2.15. The van der Waals surface area contributed by atoms with Gasteiger partial charge in [-0.15, -0.1) is 0 Å². The molecule has 1 heterocycles. The minimum absolute atomic E-state index is 0.111. The predicted molar refractivity (Wildman–Crippen MR) is 65.0 cm³/mol. The molecule has 0 aliphatic rings. The van der Waals surface area contributed by atoms with E-state index in [1.54, 1.807) is 19.4 Å². The molecule has 1 aromatic carbocycles. The summed E-state index contributed by atoms with van der Waals surface area (Å²) in [6.45, 7) is -0.118. The molecule has 0 bridgehead atoms. The molecule has 0 aliphatic carbocycles. The highest BCUT2D eigenvalue weighted by atomic mass is 16.3. The number of aryl methyl sites for hydroxylation is 1. The number of imidazole rings is 1. The van der Waals surface area contributed by atoms with Crippen molar-refractivity contribution in [2.75, 3.05) is 6.61 Å². The van der Waals surface area contributed by atoms with E-state index < -0.39 is 6.04 Å². The van der Waals surface area contributed by atoms with Crippen LogP contribution in [0.25, 0.3) is 5.69 Å². The minimum Gasteiger partial charge on any atom is -0.394 e. The lowest BCUT2D eigenvalue weighted by Crippen LogP contribution is -2.21. The van der Waals surface area contributed by atoms with Gasteiger partial charge in [0.15, 0.2) is 0 Å². The van der Waals surface area contributed by atoms with Gasteiger partial charge in [0.05, 0.1) is 18.3 Å². The Bertz CT molecular complexity index is 571. The van der Waals surface area contributed by atoms with Crippen LogP contribution in [0.3, 0.4) is 0 Å². The van der Waals surface area contributed by atoms with Crippen LogP contribution in [0.4, 0.5) is 0 Å². The van der Waals surface area contributed by atoms with Gasteiger partial charge in [0.2, 0.25) is 0 Å². The van der Waals surface area contributed by atoms with Gasteiger partial charge in [0.25, 0.3) is 0 Å². The Kier molecular flexibility index (Phi) is 3.12. The highest BCUT2D eigenvalue weighted by Gasteiger charge is 2.07. The quantitative estimate of drug-likeness (QED) is 0.793. The maximum Gasteiger partial charge on any atom is 0.332 e. The number of nitrogens with zero attached hydrogens (tertiary/aromatic N) is 2. The average Bonchev–Trinajstić information content (AvgIpc) is 2.69. The third-order valence-electron chi connectivity index (χ3n) is 2.72. The molecule has 1 aromatic heterocycles. The van der Waals surface area contributed by atoms with E-state index in [0.29, 0.717) is 0 Å². The molecule has 1 atom stereocenters. The highest BCUT2D eigenvalue weighted by molar-refractivity contribution is 5.37. The number of benzene rings is 1. The van der Waals surface area contributed by atoms with Crippen LogP contribution in [-0.4, -0.2) is 20.8 Å². The maximum absolute atomic E-state index is 11.8. The maximum atomic E-state index is 11.8. The van der Waals surface area contributed by atoms with Gasteiger partial charge in [-0.05, 0) is 17.7 Å². The van der Waals surface area contributed by atoms with Crippen LogP contribution in [-0.2, 0) is 7.05 Å². The first-order valence-electron chi connectivity index (χ1n) is 5.34. The van der Waals surface area contributed by atoms with E-state index in [4.69, 9.17) is 10.8 Å². The SMILES string of the molecule is Cn1ccn(-c2cccc(C(N)CO)c2)c1=O. The second-order valence-corrected chi connectivity index (χ2v) is 3.95. The van der Waals surface area contributed by atoms with E-state index in [-0.39, 0.29) is 12.3 Å². The van der Waals surface area contributed by atoms with E-state index >= 15 is 0 Å². The molecule has 2 aromatic rings. The summed E-state index contributed by atoms with van der Waals surface area (Å²) in [4.78, 5) is 11.8. The standard InChI is InChI=1S/C12H15N3O2/c1-14-5-6-15(12(14)17)10-4-2-3-9(7-10)11(13)8-16/h2-7,11,16H,8,13H2,1H3. The van der Waals surface area contributed by atoms with Crippen LogP contribution in [0.15, 0.2) is 41.5 Å². The molecule has 0 saturated carbocycles. The van der Waals surface area contributed by atoms with Gasteiger partial charge in [0.1, 0.15) is 0 Å². The van der Waals surface area contributed by atoms with Gasteiger partial charge < -0.3 is 15.4 Å². The second-order valence-electron chi connectivity index (χ2n) is 3.95. The fourth-order valence-corrected chi connectivity index (χ4v) is 1.67. The third-order valence-corrected chi connectivity index (χ3v) is 2.72. The van der Waals surface area contributed by atoms with E-state index in [2.05, 4.69) is 0 Å². The zero-order valence-electron chi connectivity index (χ0n) is 9.58. The fraction of sp³-hybridized carbons (Fsp3) is 0.250. The lowest BCUT2D eigenvalue weighted by atomic mass is 10.1. The van der Waals surface area contributed by atoms with Crippen LogP contribution in [0, 0.1) is 0 Å².